The molecule has 11 nitrogen and oxygen atoms in total. The molecule has 0 aliphatic rings. The molecule has 0 spiro atoms. The fraction of sp³-hybridized carbons (Fsp3) is 0.500. The zero-order chi connectivity index (χ0) is 25.1. The van der Waals surface area contributed by atoms with Crippen molar-refractivity contribution in [3.63, 3.8) is 0 Å². The van der Waals surface area contributed by atoms with E-state index in [1.54, 1.807) is 30.3 Å². The van der Waals surface area contributed by atoms with Crippen LogP contribution in [0.1, 0.15) is 39.2 Å². The normalized spacial score (nSPS) is 14.5. The van der Waals surface area contributed by atoms with E-state index in [9.17, 15) is 24.0 Å². The second-order valence-electron chi connectivity index (χ2n) is 8.29. The second kappa shape index (κ2) is 13.2. The molecule has 0 bridgehead atoms. The van der Waals surface area contributed by atoms with Crippen molar-refractivity contribution in [2.45, 2.75) is 64.2 Å². The average Bonchev–Trinajstić information content (AvgIpc) is 2.72. The molecule has 4 unspecified atom stereocenters. The van der Waals surface area contributed by atoms with E-state index < -0.39 is 60.2 Å². The molecule has 0 saturated heterocycles. The molecule has 8 N–H and O–H groups in total. The molecule has 0 radical (unpaired) electrons. The largest absolute Gasteiger partial charge is 0.480 e. The van der Waals surface area contributed by atoms with Gasteiger partial charge < -0.3 is 32.5 Å². The van der Waals surface area contributed by atoms with Crippen LogP contribution in [-0.2, 0) is 30.4 Å². The van der Waals surface area contributed by atoms with Crippen molar-refractivity contribution in [2.24, 2.45) is 17.4 Å². The van der Waals surface area contributed by atoms with Crippen LogP contribution in [0.4, 0.5) is 0 Å². The summed E-state index contributed by atoms with van der Waals surface area (Å²) in [4.78, 5) is 60.3. The van der Waals surface area contributed by atoms with Crippen molar-refractivity contribution >= 4 is 29.6 Å². The fourth-order valence-corrected chi connectivity index (χ4v) is 3.00. The molecule has 182 valence electrons. The van der Waals surface area contributed by atoms with Crippen LogP contribution in [0.15, 0.2) is 30.3 Å². The van der Waals surface area contributed by atoms with Crippen LogP contribution in [0.25, 0.3) is 0 Å². The number of amides is 4. The Morgan fingerprint density at radius 1 is 0.879 bits per heavy atom. The molecule has 0 saturated carbocycles. The van der Waals surface area contributed by atoms with Gasteiger partial charge in [-0.15, -0.1) is 0 Å². The topological polar surface area (TPSA) is 194 Å². The molecule has 0 aliphatic carbocycles. The quantitative estimate of drug-likeness (QED) is 0.217. The maximum absolute atomic E-state index is 13.1. The van der Waals surface area contributed by atoms with Crippen molar-refractivity contribution in [1.82, 2.24) is 16.0 Å². The molecule has 1 rings (SSSR count). The Labute approximate surface area is 192 Å². The summed E-state index contributed by atoms with van der Waals surface area (Å²) in [5.41, 5.74) is 11.5. The van der Waals surface area contributed by atoms with Gasteiger partial charge in [-0.3, -0.25) is 24.0 Å². The minimum Gasteiger partial charge on any atom is -0.480 e. The number of carboxylic acid groups (broad SMARTS) is 1. The number of primary amides is 1. The van der Waals surface area contributed by atoms with Gasteiger partial charge in [0.25, 0.3) is 0 Å². The van der Waals surface area contributed by atoms with Crippen molar-refractivity contribution in [1.29, 1.82) is 0 Å². The number of aliphatic carboxylic acids is 1. The predicted octanol–water partition coefficient (Wildman–Crippen LogP) is -0.963. The zero-order valence-corrected chi connectivity index (χ0v) is 19.0. The van der Waals surface area contributed by atoms with Crippen LogP contribution in [0.3, 0.4) is 0 Å². The maximum atomic E-state index is 13.1. The van der Waals surface area contributed by atoms with E-state index in [4.69, 9.17) is 16.6 Å². The van der Waals surface area contributed by atoms with Gasteiger partial charge in [-0.1, -0.05) is 44.2 Å². The Balaban J connectivity index is 3.05. The summed E-state index contributed by atoms with van der Waals surface area (Å²) >= 11 is 0. The van der Waals surface area contributed by atoms with Crippen LogP contribution >= 0.6 is 0 Å². The van der Waals surface area contributed by atoms with Crippen LogP contribution in [0, 0.1) is 5.92 Å². The van der Waals surface area contributed by atoms with E-state index in [1.807, 2.05) is 13.8 Å². The number of carbonyl (C=O) groups is 5. The maximum Gasteiger partial charge on any atom is 0.325 e. The van der Waals surface area contributed by atoms with Gasteiger partial charge in [0.15, 0.2) is 0 Å². The van der Waals surface area contributed by atoms with Gasteiger partial charge >= 0.3 is 5.97 Å². The number of nitrogens with two attached hydrogens (primary N) is 2. The number of carboxylic acids is 1. The molecule has 4 amide bonds. The molecular weight excluding hydrogens is 430 g/mol. The summed E-state index contributed by atoms with van der Waals surface area (Å²) in [5, 5.41) is 16.5. The van der Waals surface area contributed by atoms with Crippen molar-refractivity contribution in [3.8, 4) is 0 Å². The number of benzene rings is 1. The minimum absolute atomic E-state index is 0.00679. The van der Waals surface area contributed by atoms with Gasteiger partial charge in [-0.05, 0) is 24.8 Å². The fourth-order valence-electron chi connectivity index (χ4n) is 3.00. The SMILES string of the molecule is CC(C)CC(NC(=O)C(Cc1ccccc1)NC(=O)C(N)CC(N)=O)C(=O)NC(C)C(=O)O. The molecule has 0 heterocycles. The second-order valence-corrected chi connectivity index (χ2v) is 8.29. The summed E-state index contributed by atoms with van der Waals surface area (Å²) in [5.74, 6) is -4.01. The first-order valence-electron chi connectivity index (χ1n) is 10.6. The van der Waals surface area contributed by atoms with E-state index in [-0.39, 0.29) is 18.8 Å². The lowest BCUT2D eigenvalue weighted by molar-refractivity contribution is -0.141. The first-order chi connectivity index (χ1) is 15.4. The number of carbonyl (C=O) groups excluding carboxylic acids is 4. The molecular formula is C22H33N5O6. The Bertz CT molecular complexity index is 845. The standard InChI is InChI=1S/C22H33N5O6/c1-12(2)9-16(20(30)25-13(3)22(32)33)27-21(31)17(10-14-7-5-4-6-8-14)26-19(29)15(23)11-18(24)28/h4-8,12-13,15-17H,9-11,23H2,1-3H3,(H2,24,28)(H,25,30)(H,26,29)(H,27,31)(H,32,33). The highest BCUT2D eigenvalue weighted by atomic mass is 16.4. The van der Waals surface area contributed by atoms with Gasteiger partial charge in [0.05, 0.1) is 12.5 Å². The van der Waals surface area contributed by atoms with Gasteiger partial charge in [0.1, 0.15) is 18.1 Å². The van der Waals surface area contributed by atoms with E-state index in [1.165, 1.54) is 6.92 Å². The highest BCUT2D eigenvalue weighted by Crippen LogP contribution is 2.09. The van der Waals surface area contributed by atoms with Gasteiger partial charge in [-0.2, -0.15) is 0 Å². The van der Waals surface area contributed by atoms with Crippen molar-refractivity contribution < 1.29 is 29.1 Å². The Kier molecular flexibility index (Phi) is 11.0. The lowest BCUT2D eigenvalue weighted by Gasteiger charge is -2.25. The number of hydrogen-bond donors (Lipinski definition) is 6. The van der Waals surface area contributed by atoms with Crippen molar-refractivity contribution in [3.05, 3.63) is 35.9 Å². The van der Waals surface area contributed by atoms with E-state index >= 15 is 0 Å². The van der Waals surface area contributed by atoms with Gasteiger partial charge in [0.2, 0.25) is 23.6 Å². The Hall–Kier alpha value is -3.47. The summed E-state index contributed by atoms with van der Waals surface area (Å²) in [6.45, 7) is 5.01. The molecule has 1 aromatic carbocycles. The first-order valence-corrected chi connectivity index (χ1v) is 10.6. The Morgan fingerprint density at radius 2 is 1.42 bits per heavy atom. The summed E-state index contributed by atoms with van der Waals surface area (Å²) < 4.78 is 0. The van der Waals surface area contributed by atoms with Crippen LogP contribution in [0.2, 0.25) is 0 Å². The molecule has 1 aromatic rings. The molecule has 4 atom stereocenters. The molecule has 0 fully saturated rings. The van der Waals surface area contributed by atoms with E-state index in [0.717, 1.165) is 5.56 Å². The Morgan fingerprint density at radius 3 is 1.94 bits per heavy atom. The predicted molar refractivity (Wildman–Crippen MR) is 120 cm³/mol. The highest BCUT2D eigenvalue weighted by molar-refractivity contribution is 5.95. The van der Waals surface area contributed by atoms with Crippen LogP contribution in [0.5, 0.6) is 0 Å². The summed E-state index contributed by atoms with van der Waals surface area (Å²) in [6, 6.07) is 4.38. The first kappa shape index (κ1) is 27.6. The van der Waals surface area contributed by atoms with Crippen LogP contribution < -0.4 is 27.4 Å². The van der Waals surface area contributed by atoms with Gasteiger partial charge in [-0.25, -0.2) is 0 Å². The molecule has 11 heteroatoms. The lowest BCUT2D eigenvalue weighted by atomic mass is 10.0. The highest BCUT2D eigenvalue weighted by Gasteiger charge is 2.30. The van der Waals surface area contributed by atoms with E-state index in [0.29, 0.717) is 0 Å². The smallest absolute Gasteiger partial charge is 0.325 e. The number of rotatable bonds is 13. The minimum atomic E-state index is -1.24. The molecule has 0 aliphatic heterocycles. The number of hydrogen-bond acceptors (Lipinski definition) is 6. The van der Waals surface area contributed by atoms with Crippen molar-refractivity contribution in [2.75, 3.05) is 0 Å². The zero-order valence-electron chi connectivity index (χ0n) is 19.0. The van der Waals surface area contributed by atoms with E-state index in [2.05, 4.69) is 16.0 Å². The van der Waals surface area contributed by atoms with Gasteiger partial charge in [0, 0.05) is 6.42 Å². The summed E-state index contributed by atoms with van der Waals surface area (Å²) in [7, 11) is 0. The third-order valence-corrected chi connectivity index (χ3v) is 4.74. The monoisotopic (exact) mass is 463 g/mol. The lowest BCUT2D eigenvalue weighted by Crippen LogP contribution is -2.57. The molecule has 33 heavy (non-hydrogen) atoms. The average molecular weight is 464 g/mol. The summed E-state index contributed by atoms with van der Waals surface area (Å²) in [6.07, 6.45) is -0.0443. The van der Waals surface area contributed by atoms with Crippen LogP contribution in [-0.4, -0.2) is 58.9 Å². The third kappa shape index (κ3) is 10.1. The number of nitrogens with one attached hydrogen (secondary N) is 3. The third-order valence-electron chi connectivity index (χ3n) is 4.74. The molecule has 0 aromatic heterocycles.